The predicted octanol–water partition coefficient (Wildman–Crippen LogP) is 3.97. The van der Waals surface area contributed by atoms with Crippen LogP contribution in [0.3, 0.4) is 0 Å². The Balaban J connectivity index is 2.30. The highest BCUT2D eigenvalue weighted by atomic mass is 79.9. The molecule has 1 heterocycles. The summed E-state index contributed by atoms with van der Waals surface area (Å²) in [6.45, 7) is 1.65. The fourth-order valence-corrected chi connectivity index (χ4v) is 2.24. The van der Waals surface area contributed by atoms with Gasteiger partial charge >= 0.3 is 0 Å². The van der Waals surface area contributed by atoms with Gasteiger partial charge < -0.3 is 5.32 Å². The molecular weight excluding hydrogens is 362 g/mol. The largest absolute Gasteiger partial charge is 0.320 e. The van der Waals surface area contributed by atoms with Crippen LogP contribution in [0.5, 0.6) is 0 Å². The summed E-state index contributed by atoms with van der Waals surface area (Å²) in [5, 5.41) is 13.4. The first kappa shape index (κ1) is 15.4. The maximum atomic E-state index is 12.1. The summed E-state index contributed by atoms with van der Waals surface area (Å²) >= 11 is 9.02. The van der Waals surface area contributed by atoms with Crippen LogP contribution in [0.1, 0.15) is 16.1 Å². The number of nitro groups is 1. The van der Waals surface area contributed by atoms with Crippen LogP contribution in [0, 0.1) is 17.0 Å². The number of rotatable bonds is 3. The zero-order chi connectivity index (χ0) is 15.6. The minimum Gasteiger partial charge on any atom is -0.320 e. The lowest BCUT2D eigenvalue weighted by atomic mass is 10.1. The zero-order valence-corrected chi connectivity index (χ0v) is 13.1. The van der Waals surface area contributed by atoms with E-state index in [1.807, 2.05) is 0 Å². The molecule has 108 valence electrons. The van der Waals surface area contributed by atoms with E-state index in [2.05, 4.69) is 26.2 Å². The maximum Gasteiger partial charge on any atom is 0.288 e. The third-order valence-corrected chi connectivity index (χ3v) is 3.43. The van der Waals surface area contributed by atoms with E-state index >= 15 is 0 Å². The Hall–Kier alpha value is -1.99. The van der Waals surface area contributed by atoms with E-state index in [-0.39, 0.29) is 16.4 Å². The van der Waals surface area contributed by atoms with Crippen LogP contribution in [-0.4, -0.2) is 15.8 Å². The van der Waals surface area contributed by atoms with Gasteiger partial charge in [-0.2, -0.15) is 0 Å². The number of nitro benzene ring substituents is 1. The molecule has 1 N–H and O–H groups in total. The van der Waals surface area contributed by atoms with Crippen LogP contribution < -0.4 is 5.32 Å². The molecule has 1 amide bonds. The minimum atomic E-state index is -0.573. The second-order valence-corrected chi connectivity index (χ2v) is 5.40. The molecule has 0 aliphatic heterocycles. The number of aromatic nitrogens is 1. The van der Waals surface area contributed by atoms with Gasteiger partial charge in [0.05, 0.1) is 4.92 Å². The van der Waals surface area contributed by atoms with E-state index in [4.69, 9.17) is 11.6 Å². The Bertz CT molecular complexity index is 737. The highest BCUT2D eigenvalue weighted by molar-refractivity contribution is 9.10. The van der Waals surface area contributed by atoms with Gasteiger partial charge in [-0.3, -0.25) is 14.9 Å². The monoisotopic (exact) mass is 369 g/mol. The van der Waals surface area contributed by atoms with Crippen LogP contribution in [0.15, 0.2) is 34.9 Å². The number of carbonyl (C=O) groups excluding carboxylic acids is 1. The van der Waals surface area contributed by atoms with Gasteiger partial charge in [0.2, 0.25) is 0 Å². The molecule has 6 nitrogen and oxygen atoms in total. The SMILES string of the molecule is Cc1cc([N+](=O)[O-])c(Cl)cc1NC(=O)c1cccc(Br)n1. The predicted molar refractivity (Wildman–Crippen MR) is 82.7 cm³/mol. The molecule has 0 fully saturated rings. The van der Waals surface area contributed by atoms with Crippen LogP contribution in [-0.2, 0) is 0 Å². The molecule has 8 heteroatoms. The van der Waals surface area contributed by atoms with Crippen LogP contribution in [0.2, 0.25) is 5.02 Å². The number of hydrogen-bond donors (Lipinski definition) is 1. The average molecular weight is 371 g/mol. The van der Waals surface area contributed by atoms with E-state index in [9.17, 15) is 14.9 Å². The number of amides is 1. The summed E-state index contributed by atoms with van der Waals surface area (Å²) in [5.41, 5.74) is 0.956. The highest BCUT2D eigenvalue weighted by Crippen LogP contribution is 2.30. The number of carbonyl (C=O) groups is 1. The summed E-state index contributed by atoms with van der Waals surface area (Å²) in [7, 11) is 0. The van der Waals surface area contributed by atoms with Crippen LogP contribution >= 0.6 is 27.5 Å². The summed E-state index contributed by atoms with van der Waals surface area (Å²) in [5.74, 6) is -0.427. The van der Waals surface area contributed by atoms with E-state index in [1.54, 1.807) is 25.1 Å². The summed E-state index contributed by atoms with van der Waals surface area (Å²) < 4.78 is 0.536. The van der Waals surface area contributed by atoms with Crippen molar-refractivity contribution >= 4 is 44.8 Å². The molecule has 0 spiro atoms. The summed E-state index contributed by atoms with van der Waals surface area (Å²) in [6.07, 6.45) is 0. The quantitative estimate of drug-likeness (QED) is 0.503. The van der Waals surface area contributed by atoms with Gasteiger partial charge in [-0.05, 0) is 46.6 Å². The van der Waals surface area contributed by atoms with Crippen molar-refractivity contribution in [3.63, 3.8) is 0 Å². The number of benzene rings is 1. The fourth-order valence-electron chi connectivity index (χ4n) is 1.66. The molecule has 0 saturated carbocycles. The molecule has 2 rings (SSSR count). The van der Waals surface area contributed by atoms with Crippen molar-refractivity contribution in [1.29, 1.82) is 0 Å². The Morgan fingerprint density at radius 3 is 2.76 bits per heavy atom. The molecule has 0 unspecified atom stereocenters. The molecule has 1 aromatic carbocycles. The van der Waals surface area contributed by atoms with Crippen molar-refractivity contribution in [3.8, 4) is 0 Å². The highest BCUT2D eigenvalue weighted by Gasteiger charge is 2.17. The number of hydrogen-bond acceptors (Lipinski definition) is 4. The molecule has 0 radical (unpaired) electrons. The molecule has 21 heavy (non-hydrogen) atoms. The second-order valence-electron chi connectivity index (χ2n) is 4.18. The van der Waals surface area contributed by atoms with Gasteiger partial charge in [0, 0.05) is 11.8 Å². The Kier molecular flexibility index (Phi) is 4.54. The van der Waals surface area contributed by atoms with Gasteiger partial charge in [0.15, 0.2) is 0 Å². The molecular formula is C13H9BrClN3O3. The Labute approximate surface area is 133 Å². The van der Waals surface area contributed by atoms with Crippen molar-refractivity contribution < 1.29 is 9.72 Å². The summed E-state index contributed by atoms with van der Waals surface area (Å²) in [6, 6.07) is 7.60. The van der Waals surface area contributed by atoms with Crippen molar-refractivity contribution in [1.82, 2.24) is 4.98 Å². The van der Waals surface area contributed by atoms with E-state index in [1.165, 1.54) is 12.1 Å². The van der Waals surface area contributed by atoms with Crippen molar-refractivity contribution in [2.75, 3.05) is 5.32 Å². The van der Waals surface area contributed by atoms with Gasteiger partial charge in [-0.15, -0.1) is 0 Å². The van der Waals surface area contributed by atoms with E-state index < -0.39 is 10.8 Å². The zero-order valence-electron chi connectivity index (χ0n) is 10.8. The number of pyridine rings is 1. The number of nitrogens with one attached hydrogen (secondary N) is 1. The second kappa shape index (κ2) is 6.19. The lowest BCUT2D eigenvalue weighted by Crippen LogP contribution is -2.14. The minimum absolute atomic E-state index is 0.0388. The van der Waals surface area contributed by atoms with Crippen LogP contribution in [0.4, 0.5) is 11.4 Å². The van der Waals surface area contributed by atoms with Gasteiger partial charge in [-0.1, -0.05) is 17.7 Å². The van der Waals surface area contributed by atoms with E-state index in [0.717, 1.165) is 0 Å². The fraction of sp³-hybridized carbons (Fsp3) is 0.0769. The third kappa shape index (κ3) is 3.56. The molecule has 0 aliphatic rings. The molecule has 0 saturated heterocycles. The number of halogens is 2. The lowest BCUT2D eigenvalue weighted by molar-refractivity contribution is -0.384. The first-order chi connectivity index (χ1) is 9.88. The normalized spacial score (nSPS) is 10.2. The van der Waals surface area contributed by atoms with Gasteiger partial charge in [0.1, 0.15) is 15.3 Å². The average Bonchev–Trinajstić information content (AvgIpc) is 2.42. The molecule has 2 aromatic rings. The van der Waals surface area contributed by atoms with Crippen LogP contribution in [0.25, 0.3) is 0 Å². The van der Waals surface area contributed by atoms with Crippen molar-refractivity contribution in [2.24, 2.45) is 0 Å². The maximum absolute atomic E-state index is 12.1. The molecule has 0 bridgehead atoms. The first-order valence-corrected chi connectivity index (χ1v) is 6.94. The lowest BCUT2D eigenvalue weighted by Gasteiger charge is -2.09. The summed E-state index contributed by atoms with van der Waals surface area (Å²) in [4.78, 5) is 26.3. The van der Waals surface area contributed by atoms with Gasteiger partial charge in [0.25, 0.3) is 11.6 Å². The molecule has 0 aliphatic carbocycles. The topological polar surface area (TPSA) is 85.1 Å². The third-order valence-electron chi connectivity index (χ3n) is 2.69. The smallest absolute Gasteiger partial charge is 0.288 e. The molecule has 0 atom stereocenters. The Morgan fingerprint density at radius 1 is 1.43 bits per heavy atom. The van der Waals surface area contributed by atoms with E-state index in [0.29, 0.717) is 15.9 Å². The number of aryl methyl sites for hydroxylation is 1. The van der Waals surface area contributed by atoms with Gasteiger partial charge in [-0.25, -0.2) is 4.98 Å². The number of anilines is 1. The standard InChI is InChI=1S/C13H9BrClN3O3/c1-7-5-11(18(20)21)8(15)6-10(7)17-13(19)9-3-2-4-12(14)16-9/h2-6H,1H3,(H,17,19). The number of nitrogens with zero attached hydrogens (tertiary/aromatic N) is 2. The van der Waals surface area contributed by atoms with Crippen molar-refractivity contribution in [3.05, 3.63) is 61.3 Å². The van der Waals surface area contributed by atoms with Crippen molar-refractivity contribution in [2.45, 2.75) is 6.92 Å². The Morgan fingerprint density at radius 2 is 2.14 bits per heavy atom. The molecule has 1 aromatic heterocycles. The first-order valence-electron chi connectivity index (χ1n) is 5.77.